The number of furan rings is 1. The predicted octanol–water partition coefficient (Wildman–Crippen LogP) is 4.07. The fourth-order valence-electron chi connectivity index (χ4n) is 2.78. The minimum atomic E-state index is -0.148. The molecule has 3 heteroatoms. The van der Waals surface area contributed by atoms with E-state index < -0.39 is 0 Å². The van der Waals surface area contributed by atoms with Crippen LogP contribution in [0, 0.1) is 5.92 Å². The van der Waals surface area contributed by atoms with Crippen LogP contribution in [0.3, 0.4) is 0 Å². The van der Waals surface area contributed by atoms with Crippen molar-refractivity contribution in [1.29, 1.82) is 0 Å². The van der Waals surface area contributed by atoms with Crippen molar-refractivity contribution >= 4 is 26.9 Å². The van der Waals surface area contributed by atoms with E-state index in [0.717, 1.165) is 34.0 Å². The van der Waals surface area contributed by atoms with Crippen LogP contribution in [0.4, 0.5) is 0 Å². The molecule has 1 aliphatic rings. The van der Waals surface area contributed by atoms with Gasteiger partial charge in [-0.15, -0.1) is 0 Å². The number of fused-ring (bicyclic) bond motifs is 1. The molecule has 1 saturated carbocycles. The van der Waals surface area contributed by atoms with Crippen molar-refractivity contribution < 1.29 is 9.52 Å². The number of halogens is 1. The van der Waals surface area contributed by atoms with Gasteiger partial charge in [0.15, 0.2) is 0 Å². The van der Waals surface area contributed by atoms with Crippen LogP contribution in [0.25, 0.3) is 11.0 Å². The molecule has 0 aliphatic heterocycles. The highest BCUT2D eigenvalue weighted by Crippen LogP contribution is 2.46. The van der Waals surface area contributed by atoms with Crippen LogP contribution < -0.4 is 0 Å². The van der Waals surface area contributed by atoms with Crippen LogP contribution in [-0.2, 0) is 0 Å². The van der Waals surface area contributed by atoms with Crippen molar-refractivity contribution in [2.24, 2.45) is 5.92 Å². The highest BCUT2D eigenvalue weighted by atomic mass is 79.9. The molecule has 3 atom stereocenters. The Kier molecular flexibility index (Phi) is 2.75. The Morgan fingerprint density at radius 2 is 2.24 bits per heavy atom. The largest absolute Gasteiger partial charge is 0.461 e. The molecule has 0 radical (unpaired) electrons. The van der Waals surface area contributed by atoms with Crippen LogP contribution in [0.5, 0.6) is 0 Å². The second kappa shape index (κ2) is 4.14. The summed E-state index contributed by atoms with van der Waals surface area (Å²) in [6.45, 7) is 2.12. The first kappa shape index (κ1) is 11.3. The lowest BCUT2D eigenvalue weighted by Gasteiger charge is -2.39. The average Bonchev–Trinajstić information content (AvgIpc) is 2.68. The molecule has 3 rings (SSSR count). The maximum Gasteiger partial charge on any atom is 0.134 e. The normalized spacial score (nSPS) is 28.3. The second-order valence-corrected chi connectivity index (χ2v) is 5.73. The quantitative estimate of drug-likeness (QED) is 0.906. The smallest absolute Gasteiger partial charge is 0.134 e. The van der Waals surface area contributed by atoms with Gasteiger partial charge in [-0.05, 0) is 36.6 Å². The fourth-order valence-corrected chi connectivity index (χ4v) is 3.16. The molecule has 1 heterocycles. The minimum Gasteiger partial charge on any atom is -0.461 e. The van der Waals surface area contributed by atoms with Gasteiger partial charge in [0, 0.05) is 15.8 Å². The number of rotatable bonds is 2. The zero-order valence-corrected chi connectivity index (χ0v) is 11.3. The SMILES string of the molecule is CCC1C(O)CC1c1cc2cc(Br)ccc2o1. The summed E-state index contributed by atoms with van der Waals surface area (Å²) in [4.78, 5) is 0. The number of aliphatic hydroxyl groups excluding tert-OH is 1. The molecule has 1 aromatic carbocycles. The van der Waals surface area contributed by atoms with Gasteiger partial charge in [-0.3, -0.25) is 0 Å². The third-order valence-electron chi connectivity index (χ3n) is 3.84. The van der Waals surface area contributed by atoms with E-state index in [1.165, 1.54) is 0 Å². The monoisotopic (exact) mass is 294 g/mol. The first-order valence-corrected chi connectivity index (χ1v) is 6.85. The lowest BCUT2D eigenvalue weighted by atomic mass is 9.68. The number of hydrogen-bond donors (Lipinski definition) is 1. The van der Waals surface area contributed by atoms with Crippen LogP contribution >= 0.6 is 15.9 Å². The van der Waals surface area contributed by atoms with Gasteiger partial charge >= 0.3 is 0 Å². The van der Waals surface area contributed by atoms with E-state index in [1.807, 2.05) is 12.1 Å². The molecule has 90 valence electrons. The van der Waals surface area contributed by atoms with Gasteiger partial charge < -0.3 is 9.52 Å². The Morgan fingerprint density at radius 3 is 2.94 bits per heavy atom. The summed E-state index contributed by atoms with van der Waals surface area (Å²) >= 11 is 3.46. The van der Waals surface area contributed by atoms with Gasteiger partial charge in [0.05, 0.1) is 6.10 Å². The fraction of sp³-hybridized carbons (Fsp3) is 0.429. The number of benzene rings is 1. The van der Waals surface area contributed by atoms with Crippen LogP contribution in [0.2, 0.25) is 0 Å². The second-order valence-electron chi connectivity index (χ2n) is 4.81. The molecule has 0 amide bonds. The summed E-state index contributed by atoms with van der Waals surface area (Å²) in [7, 11) is 0. The molecule has 17 heavy (non-hydrogen) atoms. The van der Waals surface area contributed by atoms with Crippen molar-refractivity contribution in [3.8, 4) is 0 Å². The van der Waals surface area contributed by atoms with Gasteiger partial charge in [-0.1, -0.05) is 29.3 Å². The van der Waals surface area contributed by atoms with Gasteiger partial charge in [0.1, 0.15) is 11.3 Å². The molecule has 0 spiro atoms. The maximum atomic E-state index is 9.71. The van der Waals surface area contributed by atoms with E-state index >= 15 is 0 Å². The van der Waals surface area contributed by atoms with Gasteiger partial charge in [0.25, 0.3) is 0 Å². The Labute approximate surface area is 109 Å². The standard InChI is InChI=1S/C14H15BrO2/c1-2-10-11(7-12(10)16)14-6-8-5-9(15)3-4-13(8)17-14/h3-6,10-12,16H,2,7H2,1H3. The molecule has 1 aromatic heterocycles. The van der Waals surface area contributed by atoms with Crippen LogP contribution in [0.15, 0.2) is 33.2 Å². The topological polar surface area (TPSA) is 33.4 Å². The molecule has 2 nitrogen and oxygen atoms in total. The summed E-state index contributed by atoms with van der Waals surface area (Å²) in [6.07, 6.45) is 1.69. The van der Waals surface area contributed by atoms with E-state index in [2.05, 4.69) is 35.0 Å². The van der Waals surface area contributed by atoms with Crippen LogP contribution in [0.1, 0.15) is 31.4 Å². The van der Waals surface area contributed by atoms with Crippen LogP contribution in [-0.4, -0.2) is 11.2 Å². The first-order valence-electron chi connectivity index (χ1n) is 6.06. The summed E-state index contributed by atoms with van der Waals surface area (Å²) in [6, 6.07) is 8.15. The Morgan fingerprint density at radius 1 is 1.41 bits per heavy atom. The Balaban J connectivity index is 1.96. The predicted molar refractivity (Wildman–Crippen MR) is 71.1 cm³/mol. The third kappa shape index (κ3) is 1.81. The molecular weight excluding hydrogens is 280 g/mol. The zero-order chi connectivity index (χ0) is 12.0. The van der Waals surface area contributed by atoms with E-state index in [9.17, 15) is 5.11 Å². The summed E-state index contributed by atoms with van der Waals surface area (Å²) in [5.74, 6) is 1.77. The molecule has 3 unspecified atom stereocenters. The van der Waals surface area contributed by atoms with Crippen molar-refractivity contribution in [1.82, 2.24) is 0 Å². The average molecular weight is 295 g/mol. The molecule has 1 fully saturated rings. The van der Waals surface area contributed by atoms with E-state index in [-0.39, 0.29) is 6.10 Å². The molecule has 1 aliphatic carbocycles. The van der Waals surface area contributed by atoms with E-state index in [4.69, 9.17) is 4.42 Å². The van der Waals surface area contributed by atoms with E-state index in [1.54, 1.807) is 0 Å². The molecule has 0 bridgehead atoms. The number of hydrogen-bond acceptors (Lipinski definition) is 2. The van der Waals surface area contributed by atoms with Crippen molar-refractivity contribution in [3.63, 3.8) is 0 Å². The summed E-state index contributed by atoms with van der Waals surface area (Å²) in [5.41, 5.74) is 0.930. The molecule has 2 aromatic rings. The maximum absolute atomic E-state index is 9.71. The summed E-state index contributed by atoms with van der Waals surface area (Å²) < 4.78 is 6.94. The van der Waals surface area contributed by atoms with Crippen molar-refractivity contribution in [2.45, 2.75) is 31.8 Å². The minimum absolute atomic E-state index is 0.148. The third-order valence-corrected chi connectivity index (χ3v) is 4.33. The molecule has 0 saturated heterocycles. The van der Waals surface area contributed by atoms with E-state index in [0.29, 0.717) is 11.8 Å². The highest BCUT2D eigenvalue weighted by Gasteiger charge is 2.41. The zero-order valence-electron chi connectivity index (χ0n) is 9.69. The van der Waals surface area contributed by atoms with Crippen molar-refractivity contribution in [2.75, 3.05) is 0 Å². The highest BCUT2D eigenvalue weighted by molar-refractivity contribution is 9.10. The molecule has 1 N–H and O–H groups in total. The molecular formula is C14H15BrO2. The Hall–Kier alpha value is -0.800. The summed E-state index contributed by atoms with van der Waals surface area (Å²) in [5, 5.41) is 10.8. The Bertz CT molecular complexity index is 546. The first-order chi connectivity index (χ1) is 8.19. The number of aliphatic hydroxyl groups is 1. The lowest BCUT2D eigenvalue weighted by molar-refractivity contribution is -0.00736. The van der Waals surface area contributed by atoms with Gasteiger partial charge in [0.2, 0.25) is 0 Å². The van der Waals surface area contributed by atoms with Crippen molar-refractivity contribution in [3.05, 3.63) is 34.5 Å². The lowest BCUT2D eigenvalue weighted by Crippen LogP contribution is -2.38. The van der Waals surface area contributed by atoms with Gasteiger partial charge in [-0.25, -0.2) is 0 Å². The van der Waals surface area contributed by atoms with Gasteiger partial charge in [-0.2, -0.15) is 0 Å².